The van der Waals surface area contributed by atoms with Crippen LogP contribution in [0, 0.1) is 0 Å². The molecule has 1 unspecified atom stereocenters. The molecule has 0 radical (unpaired) electrons. The van der Waals surface area contributed by atoms with Gasteiger partial charge in [-0.1, -0.05) is 18.2 Å². The molecule has 130 valence electrons. The Balaban J connectivity index is 1.68. The van der Waals surface area contributed by atoms with Crippen LogP contribution < -0.4 is 0 Å². The number of hydrogen-bond donors (Lipinski definition) is 1. The summed E-state index contributed by atoms with van der Waals surface area (Å²) >= 11 is 0. The van der Waals surface area contributed by atoms with Crippen molar-refractivity contribution < 1.29 is 19.1 Å². The number of hydrogen-bond acceptors (Lipinski definition) is 3. The quantitative estimate of drug-likeness (QED) is 0.925. The van der Waals surface area contributed by atoms with Gasteiger partial charge in [0.25, 0.3) is 5.91 Å². The first kappa shape index (κ1) is 15.8. The normalized spacial score (nSPS) is 22.2. The molecule has 2 heterocycles. The number of para-hydroxylation sites is 1. The molecule has 2 aliphatic rings. The number of carboxylic acids is 1. The van der Waals surface area contributed by atoms with E-state index in [0.717, 1.165) is 36.2 Å². The third kappa shape index (κ3) is 2.50. The van der Waals surface area contributed by atoms with E-state index in [0.29, 0.717) is 5.69 Å². The van der Waals surface area contributed by atoms with Crippen LogP contribution in [0.15, 0.2) is 30.3 Å². The van der Waals surface area contributed by atoms with Gasteiger partial charge in [-0.25, -0.2) is 13.9 Å². The molecule has 1 amide bonds. The Labute approximate surface area is 143 Å². The van der Waals surface area contributed by atoms with E-state index in [1.807, 2.05) is 30.3 Å². The fourth-order valence-electron chi connectivity index (χ4n) is 3.66. The Bertz CT molecular complexity index is 849. The van der Waals surface area contributed by atoms with Crippen molar-refractivity contribution in [2.24, 2.45) is 0 Å². The summed E-state index contributed by atoms with van der Waals surface area (Å²) in [6, 6.07) is 9.57. The second-order valence-electron chi connectivity index (χ2n) is 6.62. The number of alkyl halides is 1. The van der Waals surface area contributed by atoms with Crippen LogP contribution in [0.4, 0.5) is 4.39 Å². The van der Waals surface area contributed by atoms with Gasteiger partial charge in [0.2, 0.25) is 5.67 Å². The highest BCUT2D eigenvalue weighted by molar-refractivity contribution is 5.95. The van der Waals surface area contributed by atoms with E-state index in [9.17, 15) is 14.0 Å². The van der Waals surface area contributed by atoms with Crippen LogP contribution >= 0.6 is 0 Å². The summed E-state index contributed by atoms with van der Waals surface area (Å²) in [5.74, 6) is -1.89. The van der Waals surface area contributed by atoms with E-state index in [2.05, 4.69) is 5.10 Å². The van der Waals surface area contributed by atoms with Crippen molar-refractivity contribution in [1.29, 1.82) is 0 Å². The van der Waals surface area contributed by atoms with Gasteiger partial charge in [-0.15, -0.1) is 0 Å². The van der Waals surface area contributed by atoms with Crippen LogP contribution in [0.2, 0.25) is 0 Å². The van der Waals surface area contributed by atoms with Gasteiger partial charge in [0.05, 0.1) is 12.2 Å². The van der Waals surface area contributed by atoms with E-state index < -0.39 is 18.2 Å². The fraction of sp³-hybridized carbons (Fsp3) is 0.389. The number of nitrogens with zero attached hydrogens (tertiary/aromatic N) is 3. The molecular formula is C18H18FN3O3. The number of amides is 1. The topological polar surface area (TPSA) is 75.4 Å². The molecule has 1 fully saturated rings. The molecule has 1 saturated heterocycles. The van der Waals surface area contributed by atoms with Crippen molar-refractivity contribution in [2.75, 3.05) is 13.1 Å². The average Bonchev–Trinajstić information content (AvgIpc) is 3.30. The summed E-state index contributed by atoms with van der Waals surface area (Å²) in [6.07, 6.45) is 2.36. The first-order chi connectivity index (χ1) is 12.0. The van der Waals surface area contributed by atoms with Gasteiger partial charge in [-0.2, -0.15) is 5.10 Å². The van der Waals surface area contributed by atoms with Crippen molar-refractivity contribution in [3.63, 3.8) is 0 Å². The number of carbonyl (C=O) groups is 2. The van der Waals surface area contributed by atoms with E-state index in [-0.39, 0.29) is 18.9 Å². The second-order valence-corrected chi connectivity index (χ2v) is 6.62. The van der Waals surface area contributed by atoms with Crippen LogP contribution in [-0.2, 0) is 17.6 Å². The van der Waals surface area contributed by atoms with E-state index in [1.165, 1.54) is 4.90 Å². The highest BCUT2D eigenvalue weighted by Crippen LogP contribution is 2.31. The van der Waals surface area contributed by atoms with Crippen molar-refractivity contribution >= 4 is 11.9 Å². The summed E-state index contributed by atoms with van der Waals surface area (Å²) in [5, 5.41) is 13.5. The van der Waals surface area contributed by atoms with Crippen molar-refractivity contribution in [3.05, 3.63) is 47.3 Å². The number of likely N-dealkylation sites (tertiary alicyclic amines) is 1. The largest absolute Gasteiger partial charge is 0.479 e. The molecule has 0 spiro atoms. The number of aromatic nitrogens is 2. The van der Waals surface area contributed by atoms with E-state index in [4.69, 9.17) is 5.11 Å². The summed E-state index contributed by atoms with van der Waals surface area (Å²) in [7, 11) is 0. The van der Waals surface area contributed by atoms with Crippen molar-refractivity contribution in [3.8, 4) is 5.69 Å². The maximum atomic E-state index is 14.3. The first-order valence-electron chi connectivity index (χ1n) is 8.37. The Morgan fingerprint density at radius 3 is 2.64 bits per heavy atom. The standard InChI is InChI=1S/C18H18FN3O3/c19-18(17(24)25)9-10-21(11-18)16(23)15-13-7-4-8-14(13)22(20-15)12-5-2-1-3-6-12/h1-3,5-6H,4,7-11H2,(H,24,25). The maximum Gasteiger partial charge on any atom is 0.343 e. The van der Waals surface area contributed by atoms with Crippen LogP contribution in [0.1, 0.15) is 34.6 Å². The molecular weight excluding hydrogens is 325 g/mol. The van der Waals surface area contributed by atoms with Gasteiger partial charge in [0, 0.05) is 24.2 Å². The third-order valence-electron chi connectivity index (χ3n) is 5.02. The van der Waals surface area contributed by atoms with Gasteiger partial charge >= 0.3 is 5.97 Å². The number of rotatable bonds is 3. The van der Waals surface area contributed by atoms with Gasteiger partial charge < -0.3 is 10.0 Å². The van der Waals surface area contributed by atoms with Crippen LogP contribution in [0.3, 0.4) is 0 Å². The minimum Gasteiger partial charge on any atom is -0.479 e. The molecule has 2 aromatic rings. The Morgan fingerprint density at radius 1 is 1.20 bits per heavy atom. The Kier molecular flexibility index (Phi) is 3.59. The van der Waals surface area contributed by atoms with E-state index >= 15 is 0 Å². The Morgan fingerprint density at radius 2 is 1.96 bits per heavy atom. The molecule has 25 heavy (non-hydrogen) atoms. The molecule has 7 heteroatoms. The zero-order valence-electron chi connectivity index (χ0n) is 13.6. The molecule has 0 bridgehead atoms. The summed E-state index contributed by atoms with van der Waals surface area (Å²) in [4.78, 5) is 25.2. The van der Waals surface area contributed by atoms with Crippen LogP contribution in [0.5, 0.6) is 0 Å². The van der Waals surface area contributed by atoms with Gasteiger partial charge in [-0.3, -0.25) is 4.79 Å². The summed E-state index contributed by atoms with van der Waals surface area (Å²) in [5.41, 5.74) is 0.761. The molecule has 1 aromatic heterocycles. The number of aliphatic carboxylic acids is 1. The summed E-state index contributed by atoms with van der Waals surface area (Å²) in [6.45, 7) is -0.331. The van der Waals surface area contributed by atoms with Crippen molar-refractivity contribution in [2.45, 2.75) is 31.4 Å². The van der Waals surface area contributed by atoms with Gasteiger partial charge in [0.15, 0.2) is 5.69 Å². The first-order valence-corrected chi connectivity index (χ1v) is 8.37. The number of carbonyl (C=O) groups excluding carboxylic acids is 1. The van der Waals surface area contributed by atoms with Gasteiger partial charge in [0.1, 0.15) is 0 Å². The second kappa shape index (κ2) is 5.68. The molecule has 1 aliphatic heterocycles. The SMILES string of the molecule is O=C(c1nn(-c2ccccc2)c2c1CCC2)N1CCC(F)(C(=O)O)C1. The lowest BCUT2D eigenvalue weighted by atomic mass is 10.1. The van der Waals surface area contributed by atoms with Crippen LogP contribution in [0.25, 0.3) is 5.69 Å². The number of fused-ring (bicyclic) bond motifs is 1. The molecule has 1 N–H and O–H groups in total. The Hall–Kier alpha value is -2.70. The van der Waals surface area contributed by atoms with Crippen molar-refractivity contribution in [1.82, 2.24) is 14.7 Å². The lowest BCUT2D eigenvalue weighted by Gasteiger charge is -2.17. The lowest BCUT2D eigenvalue weighted by Crippen LogP contribution is -2.39. The predicted molar refractivity (Wildman–Crippen MR) is 87.6 cm³/mol. The zero-order valence-corrected chi connectivity index (χ0v) is 13.6. The number of carboxylic acid groups (broad SMARTS) is 1. The average molecular weight is 343 g/mol. The fourth-order valence-corrected chi connectivity index (χ4v) is 3.66. The maximum absolute atomic E-state index is 14.3. The molecule has 6 nitrogen and oxygen atoms in total. The molecule has 0 saturated carbocycles. The van der Waals surface area contributed by atoms with Crippen LogP contribution in [-0.4, -0.2) is 50.4 Å². The zero-order chi connectivity index (χ0) is 17.6. The molecule has 4 rings (SSSR count). The minimum atomic E-state index is -2.36. The predicted octanol–water partition coefficient (Wildman–Crippen LogP) is 2.00. The third-order valence-corrected chi connectivity index (χ3v) is 5.02. The smallest absolute Gasteiger partial charge is 0.343 e. The lowest BCUT2D eigenvalue weighted by molar-refractivity contribution is -0.149. The minimum absolute atomic E-state index is 0.0919. The number of benzene rings is 1. The monoisotopic (exact) mass is 343 g/mol. The van der Waals surface area contributed by atoms with Gasteiger partial charge in [-0.05, 0) is 31.4 Å². The highest BCUT2D eigenvalue weighted by atomic mass is 19.1. The molecule has 1 aliphatic carbocycles. The molecule has 1 aromatic carbocycles. The molecule has 1 atom stereocenters. The highest BCUT2D eigenvalue weighted by Gasteiger charge is 2.47. The summed E-state index contributed by atoms with van der Waals surface area (Å²) < 4.78 is 16.1. The van der Waals surface area contributed by atoms with E-state index in [1.54, 1.807) is 4.68 Å². The number of halogens is 1.